The molecule has 0 saturated carbocycles. The van der Waals surface area contributed by atoms with Crippen LogP contribution in [-0.2, 0) is 13.2 Å². The third kappa shape index (κ3) is 5.61. The first-order chi connectivity index (χ1) is 12.4. The van der Waals surface area contributed by atoms with E-state index in [1.54, 1.807) is 12.1 Å². The van der Waals surface area contributed by atoms with Crippen LogP contribution in [-0.4, -0.2) is 12.1 Å². The molecule has 0 fully saturated rings. The summed E-state index contributed by atoms with van der Waals surface area (Å²) in [6.07, 6.45) is 1.04. The first-order valence-electron chi connectivity index (χ1n) is 8.92. The minimum Gasteiger partial charge on any atom is -0.490 e. The van der Waals surface area contributed by atoms with E-state index >= 15 is 0 Å². The van der Waals surface area contributed by atoms with Gasteiger partial charge in [0.15, 0.2) is 11.5 Å². The highest BCUT2D eigenvalue weighted by Crippen LogP contribution is 2.30. The highest BCUT2D eigenvalue weighted by atomic mass is 35.5. The molecule has 0 atom stereocenters. The SMILES string of the molecule is CCOc1cc(CNC(C)(C)CC)ccc1OCc1c(F)cccc1Cl. The molecule has 0 aliphatic heterocycles. The summed E-state index contributed by atoms with van der Waals surface area (Å²) in [5, 5.41) is 3.88. The van der Waals surface area contributed by atoms with E-state index in [1.807, 2.05) is 25.1 Å². The molecule has 5 heteroatoms. The highest BCUT2D eigenvalue weighted by molar-refractivity contribution is 6.31. The summed E-state index contributed by atoms with van der Waals surface area (Å²) in [5.74, 6) is 0.844. The molecule has 0 saturated heterocycles. The molecule has 0 spiro atoms. The third-order valence-corrected chi connectivity index (χ3v) is 4.75. The fourth-order valence-corrected chi connectivity index (χ4v) is 2.55. The maximum atomic E-state index is 13.9. The smallest absolute Gasteiger partial charge is 0.161 e. The average Bonchev–Trinajstić information content (AvgIpc) is 2.61. The first kappa shape index (κ1) is 20.5. The van der Waals surface area contributed by atoms with Crippen LogP contribution in [0, 0.1) is 5.82 Å². The van der Waals surface area contributed by atoms with Gasteiger partial charge in [0.25, 0.3) is 0 Å². The van der Waals surface area contributed by atoms with E-state index in [1.165, 1.54) is 6.07 Å². The molecule has 2 aromatic rings. The average molecular weight is 380 g/mol. The Bertz CT molecular complexity index is 714. The largest absolute Gasteiger partial charge is 0.490 e. The van der Waals surface area contributed by atoms with Crippen LogP contribution in [0.4, 0.5) is 4.39 Å². The molecule has 0 aliphatic rings. The number of rotatable bonds is 9. The van der Waals surface area contributed by atoms with E-state index in [2.05, 4.69) is 26.1 Å². The zero-order chi connectivity index (χ0) is 19.2. The van der Waals surface area contributed by atoms with Gasteiger partial charge in [0.1, 0.15) is 12.4 Å². The third-order valence-electron chi connectivity index (χ3n) is 4.40. The van der Waals surface area contributed by atoms with Gasteiger partial charge in [0.2, 0.25) is 0 Å². The first-order valence-corrected chi connectivity index (χ1v) is 9.30. The van der Waals surface area contributed by atoms with Gasteiger partial charge in [-0.3, -0.25) is 0 Å². The molecule has 0 amide bonds. The van der Waals surface area contributed by atoms with Crippen molar-refractivity contribution in [3.63, 3.8) is 0 Å². The summed E-state index contributed by atoms with van der Waals surface area (Å²) >= 11 is 6.06. The van der Waals surface area contributed by atoms with Crippen LogP contribution in [0.25, 0.3) is 0 Å². The molecule has 0 unspecified atom stereocenters. The molecule has 142 valence electrons. The Balaban J connectivity index is 2.13. The second-order valence-electron chi connectivity index (χ2n) is 6.79. The lowest BCUT2D eigenvalue weighted by Gasteiger charge is -2.25. The number of ether oxygens (including phenoxy) is 2. The lowest BCUT2D eigenvalue weighted by molar-refractivity contribution is 0.265. The monoisotopic (exact) mass is 379 g/mol. The van der Waals surface area contributed by atoms with E-state index in [0.717, 1.165) is 18.5 Å². The summed E-state index contributed by atoms with van der Waals surface area (Å²) < 4.78 is 25.4. The number of halogens is 2. The Morgan fingerprint density at radius 3 is 2.50 bits per heavy atom. The maximum Gasteiger partial charge on any atom is 0.161 e. The van der Waals surface area contributed by atoms with Gasteiger partial charge in [-0.25, -0.2) is 4.39 Å². The van der Waals surface area contributed by atoms with E-state index in [-0.39, 0.29) is 18.0 Å². The van der Waals surface area contributed by atoms with E-state index in [4.69, 9.17) is 21.1 Å². The molecule has 3 nitrogen and oxygen atoms in total. The highest BCUT2D eigenvalue weighted by Gasteiger charge is 2.15. The van der Waals surface area contributed by atoms with Gasteiger partial charge < -0.3 is 14.8 Å². The molecule has 0 aromatic heterocycles. The Morgan fingerprint density at radius 1 is 1.08 bits per heavy atom. The standard InChI is InChI=1S/C21H27ClFNO2/c1-5-21(3,4)24-13-15-10-11-19(20(12-15)25-6-2)26-14-16-17(22)8-7-9-18(16)23/h7-12,24H,5-6,13-14H2,1-4H3. The lowest BCUT2D eigenvalue weighted by atomic mass is 10.0. The Labute approximate surface area is 160 Å². The van der Waals surface area contributed by atoms with Crippen molar-refractivity contribution in [2.24, 2.45) is 0 Å². The Kier molecular flexibility index (Phi) is 7.30. The van der Waals surface area contributed by atoms with Crippen LogP contribution in [0.15, 0.2) is 36.4 Å². The van der Waals surface area contributed by atoms with Crippen molar-refractivity contribution >= 4 is 11.6 Å². The lowest BCUT2D eigenvalue weighted by Crippen LogP contribution is -2.37. The molecule has 2 rings (SSSR count). The minimum atomic E-state index is -0.377. The van der Waals surface area contributed by atoms with Gasteiger partial charge in [-0.2, -0.15) is 0 Å². The zero-order valence-electron chi connectivity index (χ0n) is 15.9. The predicted molar refractivity (Wildman–Crippen MR) is 105 cm³/mol. The second kappa shape index (κ2) is 9.24. The number of hydrogen-bond acceptors (Lipinski definition) is 3. The fraction of sp³-hybridized carbons (Fsp3) is 0.429. The second-order valence-corrected chi connectivity index (χ2v) is 7.20. The van der Waals surface area contributed by atoms with Crippen molar-refractivity contribution in [2.45, 2.75) is 52.8 Å². The number of benzene rings is 2. The predicted octanol–water partition coefficient (Wildman–Crippen LogP) is 5.74. The van der Waals surface area contributed by atoms with Crippen LogP contribution >= 0.6 is 11.6 Å². The van der Waals surface area contributed by atoms with Crippen molar-refractivity contribution in [2.75, 3.05) is 6.61 Å². The van der Waals surface area contributed by atoms with Gasteiger partial charge in [-0.1, -0.05) is 30.7 Å². The summed E-state index contributed by atoms with van der Waals surface area (Å²) in [4.78, 5) is 0. The van der Waals surface area contributed by atoms with Gasteiger partial charge >= 0.3 is 0 Å². The minimum absolute atomic E-state index is 0.0477. The molecular weight excluding hydrogens is 353 g/mol. The molecule has 0 radical (unpaired) electrons. The Morgan fingerprint density at radius 2 is 1.85 bits per heavy atom. The molecule has 0 heterocycles. The van der Waals surface area contributed by atoms with E-state index in [9.17, 15) is 4.39 Å². The van der Waals surface area contributed by atoms with Gasteiger partial charge in [0.05, 0.1) is 11.6 Å². The maximum absolute atomic E-state index is 13.9. The topological polar surface area (TPSA) is 30.5 Å². The van der Waals surface area contributed by atoms with Gasteiger partial charge in [-0.15, -0.1) is 0 Å². The summed E-state index contributed by atoms with van der Waals surface area (Å²) in [7, 11) is 0. The zero-order valence-corrected chi connectivity index (χ0v) is 16.6. The fourth-order valence-electron chi connectivity index (χ4n) is 2.34. The van der Waals surface area contributed by atoms with Crippen molar-refractivity contribution in [3.8, 4) is 11.5 Å². The molecule has 26 heavy (non-hydrogen) atoms. The Hall–Kier alpha value is -1.78. The van der Waals surface area contributed by atoms with Crippen molar-refractivity contribution in [3.05, 3.63) is 58.4 Å². The molecule has 1 N–H and O–H groups in total. The van der Waals surface area contributed by atoms with Crippen molar-refractivity contribution in [1.82, 2.24) is 5.32 Å². The van der Waals surface area contributed by atoms with Crippen LogP contribution in [0.1, 0.15) is 45.2 Å². The molecule has 2 aromatic carbocycles. The summed E-state index contributed by atoms with van der Waals surface area (Å²) in [5.41, 5.74) is 1.51. The van der Waals surface area contributed by atoms with Crippen LogP contribution in [0.5, 0.6) is 11.5 Å². The van der Waals surface area contributed by atoms with Crippen LogP contribution < -0.4 is 14.8 Å². The normalized spacial score (nSPS) is 11.5. The summed E-state index contributed by atoms with van der Waals surface area (Å²) in [6, 6.07) is 10.4. The van der Waals surface area contributed by atoms with Crippen molar-refractivity contribution in [1.29, 1.82) is 0 Å². The molecular formula is C21H27ClFNO2. The summed E-state index contributed by atoms with van der Waals surface area (Å²) in [6.45, 7) is 9.73. The number of nitrogens with one attached hydrogen (secondary N) is 1. The van der Waals surface area contributed by atoms with Crippen LogP contribution in [0.2, 0.25) is 5.02 Å². The quantitative estimate of drug-likeness (QED) is 0.603. The molecule has 0 aliphatic carbocycles. The van der Waals surface area contributed by atoms with Crippen LogP contribution in [0.3, 0.4) is 0 Å². The molecule has 0 bridgehead atoms. The number of hydrogen-bond donors (Lipinski definition) is 1. The van der Waals surface area contributed by atoms with Gasteiger partial charge in [-0.05, 0) is 57.0 Å². The van der Waals surface area contributed by atoms with Gasteiger partial charge in [0, 0.05) is 17.6 Å². The van der Waals surface area contributed by atoms with Crippen molar-refractivity contribution < 1.29 is 13.9 Å². The van der Waals surface area contributed by atoms with E-state index < -0.39 is 0 Å². The van der Waals surface area contributed by atoms with E-state index in [0.29, 0.717) is 28.7 Å².